The fourth-order valence-electron chi connectivity index (χ4n) is 3.99. The summed E-state index contributed by atoms with van der Waals surface area (Å²) >= 11 is 0. The Morgan fingerprint density at radius 2 is 2.13 bits per heavy atom. The van der Waals surface area contributed by atoms with Crippen molar-refractivity contribution in [1.82, 2.24) is 10.2 Å². The van der Waals surface area contributed by atoms with Crippen LogP contribution in [0.15, 0.2) is 30.3 Å². The number of benzene rings is 1. The fraction of sp³-hybridized carbons (Fsp3) is 0.556. The Balaban J connectivity index is 1.68. The summed E-state index contributed by atoms with van der Waals surface area (Å²) in [5.41, 5.74) is 0.727. The number of hydrogen-bond acceptors (Lipinski definition) is 3. The smallest absolute Gasteiger partial charge is 0.410 e. The van der Waals surface area contributed by atoms with Gasteiger partial charge in [-0.25, -0.2) is 4.79 Å². The quantitative estimate of drug-likeness (QED) is 0.933. The molecule has 2 atom stereocenters. The Labute approximate surface area is 137 Å². The van der Waals surface area contributed by atoms with Crippen molar-refractivity contribution in [3.63, 3.8) is 0 Å². The maximum atomic E-state index is 12.6. The van der Waals surface area contributed by atoms with E-state index in [4.69, 9.17) is 4.74 Å². The zero-order valence-corrected chi connectivity index (χ0v) is 13.6. The lowest BCUT2D eigenvalue weighted by atomic mass is 9.79. The maximum absolute atomic E-state index is 12.6. The maximum Gasteiger partial charge on any atom is 0.410 e. The van der Waals surface area contributed by atoms with Gasteiger partial charge in [-0.15, -0.1) is 0 Å². The number of hydrogen-bond donors (Lipinski definition) is 1. The van der Waals surface area contributed by atoms with E-state index in [1.54, 1.807) is 0 Å². The number of carbonyl (C=O) groups is 2. The molecule has 23 heavy (non-hydrogen) atoms. The number of likely N-dealkylation sites (tertiary alicyclic amines) is 1. The van der Waals surface area contributed by atoms with Crippen LogP contribution in [0.1, 0.15) is 44.6 Å². The monoisotopic (exact) mass is 316 g/mol. The molecule has 0 aromatic heterocycles. The van der Waals surface area contributed by atoms with Gasteiger partial charge in [-0.05, 0) is 31.2 Å². The van der Waals surface area contributed by atoms with Crippen molar-refractivity contribution in [2.24, 2.45) is 0 Å². The summed E-state index contributed by atoms with van der Waals surface area (Å²) in [5.74, 6) is 0.1000. The highest BCUT2D eigenvalue weighted by atomic mass is 16.6. The van der Waals surface area contributed by atoms with Gasteiger partial charge in [-0.1, -0.05) is 37.3 Å². The molecule has 0 unspecified atom stereocenters. The van der Waals surface area contributed by atoms with E-state index in [-0.39, 0.29) is 30.2 Å². The first-order valence-electron chi connectivity index (χ1n) is 8.43. The molecule has 5 nitrogen and oxygen atoms in total. The number of ether oxygens (including phenoxy) is 1. The largest absolute Gasteiger partial charge is 0.445 e. The van der Waals surface area contributed by atoms with Crippen LogP contribution >= 0.6 is 0 Å². The summed E-state index contributed by atoms with van der Waals surface area (Å²) in [6.07, 6.45) is 3.76. The molecule has 124 valence electrons. The van der Waals surface area contributed by atoms with Gasteiger partial charge in [0, 0.05) is 13.0 Å². The lowest BCUT2D eigenvalue weighted by Gasteiger charge is -2.47. The molecule has 2 heterocycles. The second-order valence-corrected chi connectivity index (χ2v) is 6.47. The van der Waals surface area contributed by atoms with Gasteiger partial charge in [0.05, 0.1) is 11.6 Å². The van der Waals surface area contributed by atoms with Crippen LogP contribution in [0.4, 0.5) is 4.79 Å². The van der Waals surface area contributed by atoms with Gasteiger partial charge in [0.15, 0.2) is 0 Å². The molecule has 0 saturated carbocycles. The minimum atomic E-state index is -0.277. The fourth-order valence-corrected chi connectivity index (χ4v) is 3.99. The molecule has 3 rings (SSSR count). The predicted octanol–water partition coefficient (Wildman–Crippen LogP) is 2.85. The third kappa shape index (κ3) is 3.19. The Kier molecular flexibility index (Phi) is 4.55. The Bertz CT molecular complexity index is 575. The highest BCUT2D eigenvalue weighted by Gasteiger charge is 2.49. The Hall–Kier alpha value is -2.04. The Morgan fingerprint density at radius 3 is 2.78 bits per heavy atom. The van der Waals surface area contributed by atoms with Crippen molar-refractivity contribution in [2.75, 3.05) is 6.54 Å². The molecule has 0 radical (unpaired) electrons. The Morgan fingerprint density at radius 1 is 1.35 bits per heavy atom. The van der Waals surface area contributed by atoms with Crippen molar-refractivity contribution in [1.29, 1.82) is 0 Å². The average Bonchev–Trinajstić information content (AvgIpc) is 2.94. The summed E-state index contributed by atoms with van der Waals surface area (Å²) < 4.78 is 5.50. The van der Waals surface area contributed by atoms with Crippen LogP contribution in [0.3, 0.4) is 0 Å². The molecule has 2 aliphatic rings. The van der Waals surface area contributed by atoms with E-state index >= 15 is 0 Å². The van der Waals surface area contributed by atoms with Crippen LogP contribution in [-0.2, 0) is 16.1 Å². The lowest BCUT2D eigenvalue weighted by Crippen LogP contribution is -2.63. The van der Waals surface area contributed by atoms with Crippen LogP contribution in [0.2, 0.25) is 0 Å². The first-order valence-corrected chi connectivity index (χ1v) is 8.43. The van der Waals surface area contributed by atoms with E-state index in [1.807, 2.05) is 35.2 Å². The molecule has 5 heteroatoms. The van der Waals surface area contributed by atoms with Crippen LogP contribution < -0.4 is 5.32 Å². The molecule has 2 saturated heterocycles. The molecule has 0 aliphatic carbocycles. The number of nitrogens with zero attached hydrogens (tertiary/aromatic N) is 1. The van der Waals surface area contributed by atoms with E-state index in [0.717, 1.165) is 31.2 Å². The molecule has 1 spiro atoms. The first kappa shape index (κ1) is 15.8. The third-order valence-corrected chi connectivity index (χ3v) is 5.05. The third-order valence-electron chi connectivity index (χ3n) is 5.05. The van der Waals surface area contributed by atoms with Gasteiger partial charge >= 0.3 is 6.09 Å². The van der Waals surface area contributed by atoms with Gasteiger partial charge in [0.25, 0.3) is 0 Å². The molecular weight excluding hydrogens is 292 g/mol. The number of amides is 2. The van der Waals surface area contributed by atoms with Gasteiger partial charge in [0.2, 0.25) is 5.91 Å². The number of piperidine rings is 1. The van der Waals surface area contributed by atoms with E-state index in [0.29, 0.717) is 13.0 Å². The molecule has 2 aliphatic heterocycles. The molecule has 1 aromatic rings. The number of rotatable bonds is 3. The predicted molar refractivity (Wildman–Crippen MR) is 86.8 cm³/mol. The van der Waals surface area contributed by atoms with Crippen molar-refractivity contribution in [3.05, 3.63) is 35.9 Å². The SMILES string of the molecule is CC[C@H]1N(C(=O)OCc2ccccc2)CCC[C@]12CCC(=O)N2. The lowest BCUT2D eigenvalue weighted by molar-refractivity contribution is -0.120. The van der Waals surface area contributed by atoms with Crippen molar-refractivity contribution < 1.29 is 14.3 Å². The standard InChI is InChI=1S/C18H24N2O3/c1-2-15-18(11-9-16(21)19-18)10-6-12-20(15)17(22)23-13-14-7-4-3-5-8-14/h3-5,7-8,15H,2,6,9-13H2,1H3,(H,19,21)/t15-,18+/m1/s1. The second-order valence-electron chi connectivity index (χ2n) is 6.47. The average molecular weight is 316 g/mol. The summed E-state index contributed by atoms with van der Waals surface area (Å²) in [7, 11) is 0. The summed E-state index contributed by atoms with van der Waals surface area (Å²) in [4.78, 5) is 26.1. The van der Waals surface area contributed by atoms with Crippen molar-refractivity contribution in [2.45, 2.75) is 57.2 Å². The number of carbonyl (C=O) groups excluding carboxylic acids is 2. The zero-order valence-electron chi connectivity index (χ0n) is 13.6. The van der Waals surface area contributed by atoms with E-state index in [2.05, 4.69) is 12.2 Å². The van der Waals surface area contributed by atoms with Gasteiger partial charge in [0.1, 0.15) is 6.61 Å². The summed E-state index contributed by atoms with van der Waals surface area (Å²) in [5, 5.41) is 3.14. The van der Waals surface area contributed by atoms with Crippen LogP contribution in [0, 0.1) is 0 Å². The normalized spacial score (nSPS) is 27.1. The van der Waals surface area contributed by atoms with Crippen molar-refractivity contribution in [3.8, 4) is 0 Å². The number of nitrogens with one attached hydrogen (secondary N) is 1. The van der Waals surface area contributed by atoms with E-state index < -0.39 is 0 Å². The second kappa shape index (κ2) is 6.60. The van der Waals surface area contributed by atoms with Crippen LogP contribution in [0.25, 0.3) is 0 Å². The first-order chi connectivity index (χ1) is 11.1. The summed E-state index contributed by atoms with van der Waals surface area (Å²) in [6.45, 7) is 3.05. The molecular formula is C18H24N2O3. The molecule has 1 aromatic carbocycles. The topological polar surface area (TPSA) is 58.6 Å². The zero-order chi connectivity index (χ0) is 16.3. The highest BCUT2D eigenvalue weighted by Crippen LogP contribution is 2.37. The van der Waals surface area contributed by atoms with Gasteiger partial charge in [-0.3, -0.25) is 4.79 Å². The van der Waals surface area contributed by atoms with E-state index in [9.17, 15) is 9.59 Å². The molecule has 2 fully saturated rings. The summed E-state index contributed by atoms with van der Waals surface area (Å²) in [6, 6.07) is 9.71. The van der Waals surface area contributed by atoms with Gasteiger partial charge < -0.3 is 15.0 Å². The molecule has 0 bridgehead atoms. The van der Waals surface area contributed by atoms with Crippen LogP contribution in [0.5, 0.6) is 0 Å². The van der Waals surface area contributed by atoms with Gasteiger partial charge in [-0.2, -0.15) is 0 Å². The minimum Gasteiger partial charge on any atom is -0.445 e. The molecule has 1 N–H and O–H groups in total. The minimum absolute atomic E-state index is 0.0194. The van der Waals surface area contributed by atoms with Crippen LogP contribution in [-0.4, -0.2) is 35.0 Å². The molecule has 2 amide bonds. The van der Waals surface area contributed by atoms with Crippen molar-refractivity contribution >= 4 is 12.0 Å². The highest BCUT2D eigenvalue weighted by molar-refractivity contribution is 5.80. The van der Waals surface area contributed by atoms with E-state index in [1.165, 1.54) is 0 Å².